The molecule has 2 aliphatic heterocycles. The molecule has 140 valence electrons. The molecule has 0 bridgehead atoms. The molecule has 0 saturated heterocycles. The van der Waals surface area contributed by atoms with E-state index in [4.69, 9.17) is 5.11 Å². The van der Waals surface area contributed by atoms with Crippen LogP contribution in [0.4, 0.5) is 8.78 Å². The number of nitrogens with zero attached hydrogens (tertiary/aromatic N) is 2. The van der Waals surface area contributed by atoms with Crippen molar-refractivity contribution < 1.29 is 33.0 Å². The van der Waals surface area contributed by atoms with Gasteiger partial charge < -0.3 is 19.9 Å². The second-order valence-electron chi connectivity index (χ2n) is 5.70. The summed E-state index contributed by atoms with van der Waals surface area (Å²) in [5, 5.41) is 16.5. The number of carbonyl (C=O) groups excluding carboxylic acids is 2. The highest BCUT2D eigenvalue weighted by Crippen LogP contribution is 2.43. The van der Waals surface area contributed by atoms with Crippen molar-refractivity contribution in [2.24, 2.45) is 5.10 Å². The first kappa shape index (κ1) is 18.1. The summed E-state index contributed by atoms with van der Waals surface area (Å²) >= 11 is 0. The summed E-state index contributed by atoms with van der Waals surface area (Å²) in [5.74, 6) is -0.792. The molecule has 0 atom stereocenters. The van der Waals surface area contributed by atoms with Crippen LogP contribution in [-0.4, -0.2) is 53.6 Å². The maximum Gasteiger partial charge on any atom is 0.586 e. The number of aliphatic hydroxyl groups is 1. The number of hydrazone groups is 1. The minimum Gasteiger partial charge on any atom is -0.395 e. The Morgan fingerprint density at radius 3 is 2.92 bits per heavy atom. The first-order valence-electron chi connectivity index (χ1n) is 8.04. The molecule has 0 radical (unpaired) electrons. The van der Waals surface area contributed by atoms with Gasteiger partial charge in [-0.25, -0.2) is 5.01 Å². The van der Waals surface area contributed by atoms with Gasteiger partial charge in [-0.15, -0.1) is 8.78 Å². The van der Waals surface area contributed by atoms with Crippen molar-refractivity contribution in [1.29, 1.82) is 0 Å². The largest absolute Gasteiger partial charge is 0.586 e. The molecule has 2 amide bonds. The summed E-state index contributed by atoms with van der Waals surface area (Å²) in [4.78, 5) is 23.8. The number of amides is 2. The Bertz CT molecular complexity index is 753. The van der Waals surface area contributed by atoms with Crippen molar-refractivity contribution in [3.63, 3.8) is 0 Å². The number of fused-ring (bicyclic) bond motifs is 1. The molecule has 0 saturated carbocycles. The van der Waals surface area contributed by atoms with Gasteiger partial charge in [-0.2, -0.15) is 5.10 Å². The Kier molecular flexibility index (Phi) is 5.03. The maximum atomic E-state index is 13.2. The van der Waals surface area contributed by atoms with Gasteiger partial charge in [-0.05, 0) is 12.5 Å². The lowest BCUT2D eigenvalue weighted by Gasteiger charge is -2.22. The van der Waals surface area contributed by atoms with Crippen LogP contribution in [0.25, 0.3) is 0 Å². The first-order chi connectivity index (χ1) is 12.4. The molecule has 2 heterocycles. The summed E-state index contributed by atoms with van der Waals surface area (Å²) in [6, 6.07) is 4.54. The standard InChI is InChI=1S/C16H17F2N3O5/c17-16(18)25-12-3-1-2-10(14(12)26-16)6-7-19-15(24)11-4-5-13(23)21(20-11)8-9-22/h1-3,22H,4-9H2,(H,19,24). The topological polar surface area (TPSA) is 100 Å². The highest BCUT2D eigenvalue weighted by molar-refractivity contribution is 6.39. The summed E-state index contributed by atoms with van der Waals surface area (Å²) in [6.07, 6.45) is -3.10. The second-order valence-corrected chi connectivity index (χ2v) is 5.70. The Hall–Kier alpha value is -2.75. The fraction of sp³-hybridized carbons (Fsp3) is 0.438. The van der Waals surface area contributed by atoms with Gasteiger partial charge in [-0.1, -0.05) is 12.1 Å². The van der Waals surface area contributed by atoms with E-state index < -0.39 is 12.2 Å². The number of para-hydroxylation sites is 1. The van der Waals surface area contributed by atoms with Crippen LogP contribution in [0, 0.1) is 0 Å². The Morgan fingerprint density at radius 2 is 2.15 bits per heavy atom. The average Bonchev–Trinajstić information content (AvgIpc) is 2.91. The fourth-order valence-electron chi connectivity index (χ4n) is 2.67. The molecule has 2 N–H and O–H groups in total. The zero-order chi connectivity index (χ0) is 18.7. The van der Waals surface area contributed by atoms with Gasteiger partial charge in [-0.3, -0.25) is 9.59 Å². The number of benzene rings is 1. The number of ether oxygens (including phenoxy) is 2. The number of aliphatic hydroxyl groups excluding tert-OH is 1. The molecule has 1 aromatic carbocycles. The third-order valence-electron chi connectivity index (χ3n) is 3.87. The van der Waals surface area contributed by atoms with E-state index in [-0.39, 0.29) is 62.1 Å². The van der Waals surface area contributed by atoms with Gasteiger partial charge >= 0.3 is 6.29 Å². The molecule has 0 aromatic heterocycles. The molecule has 0 fully saturated rings. The van der Waals surface area contributed by atoms with Crippen LogP contribution in [0.1, 0.15) is 18.4 Å². The number of alkyl halides is 2. The highest BCUT2D eigenvalue weighted by atomic mass is 19.3. The van der Waals surface area contributed by atoms with Gasteiger partial charge in [0.25, 0.3) is 5.91 Å². The van der Waals surface area contributed by atoms with Crippen molar-refractivity contribution in [2.75, 3.05) is 19.7 Å². The minimum absolute atomic E-state index is 0.0251. The van der Waals surface area contributed by atoms with Crippen LogP contribution in [0.15, 0.2) is 23.3 Å². The predicted octanol–water partition coefficient (Wildman–Crippen LogP) is 0.637. The normalized spacial score (nSPS) is 17.9. The number of carbonyl (C=O) groups is 2. The zero-order valence-corrected chi connectivity index (χ0v) is 13.7. The van der Waals surface area contributed by atoms with Crippen LogP contribution < -0.4 is 14.8 Å². The van der Waals surface area contributed by atoms with E-state index in [0.717, 1.165) is 5.01 Å². The van der Waals surface area contributed by atoms with Gasteiger partial charge in [0.15, 0.2) is 11.5 Å². The lowest BCUT2D eigenvalue weighted by atomic mass is 10.1. The zero-order valence-electron chi connectivity index (χ0n) is 13.7. The van der Waals surface area contributed by atoms with Crippen LogP contribution >= 0.6 is 0 Å². The summed E-state index contributed by atoms with van der Waals surface area (Å²) in [7, 11) is 0. The van der Waals surface area contributed by atoms with E-state index >= 15 is 0 Å². The molecule has 3 rings (SSSR count). The van der Waals surface area contributed by atoms with E-state index in [1.807, 2.05) is 0 Å². The highest BCUT2D eigenvalue weighted by Gasteiger charge is 2.44. The van der Waals surface area contributed by atoms with Crippen LogP contribution in [0.3, 0.4) is 0 Å². The molecule has 10 heteroatoms. The average molecular weight is 369 g/mol. The number of rotatable bonds is 6. The van der Waals surface area contributed by atoms with E-state index in [1.54, 1.807) is 12.1 Å². The van der Waals surface area contributed by atoms with E-state index in [0.29, 0.717) is 5.56 Å². The van der Waals surface area contributed by atoms with Gasteiger partial charge in [0.05, 0.1) is 13.2 Å². The van der Waals surface area contributed by atoms with E-state index in [1.165, 1.54) is 6.07 Å². The SMILES string of the molecule is O=C(NCCc1cccc2c1OC(F)(F)O2)C1=NN(CCO)C(=O)CC1. The van der Waals surface area contributed by atoms with E-state index in [9.17, 15) is 18.4 Å². The smallest absolute Gasteiger partial charge is 0.395 e. The van der Waals surface area contributed by atoms with Gasteiger partial charge in [0, 0.05) is 24.9 Å². The van der Waals surface area contributed by atoms with Crippen molar-refractivity contribution in [1.82, 2.24) is 10.3 Å². The molecule has 0 aliphatic carbocycles. The van der Waals surface area contributed by atoms with Crippen LogP contribution in [-0.2, 0) is 16.0 Å². The quantitative estimate of drug-likeness (QED) is 0.766. The third kappa shape index (κ3) is 3.90. The summed E-state index contributed by atoms with van der Waals surface area (Å²) in [6.45, 7) is -0.0650. The molecule has 26 heavy (non-hydrogen) atoms. The second kappa shape index (κ2) is 7.24. The molecule has 0 spiro atoms. The van der Waals surface area contributed by atoms with Gasteiger partial charge in [0.1, 0.15) is 5.71 Å². The number of halogens is 2. The Morgan fingerprint density at radius 1 is 1.35 bits per heavy atom. The van der Waals surface area contributed by atoms with Gasteiger partial charge in [0.2, 0.25) is 5.91 Å². The summed E-state index contributed by atoms with van der Waals surface area (Å²) in [5.41, 5.74) is 0.657. The van der Waals surface area contributed by atoms with E-state index in [2.05, 4.69) is 19.9 Å². The van der Waals surface area contributed by atoms with Crippen LogP contribution in [0.2, 0.25) is 0 Å². The fourth-order valence-corrected chi connectivity index (χ4v) is 2.67. The molecule has 2 aliphatic rings. The first-order valence-corrected chi connectivity index (χ1v) is 8.04. The third-order valence-corrected chi connectivity index (χ3v) is 3.87. The molecular formula is C16H17F2N3O5. The summed E-state index contributed by atoms with van der Waals surface area (Å²) < 4.78 is 35.2. The Balaban J connectivity index is 1.58. The number of β-amino-alcohol motifs (C(OH)–C–C–N with tert-alkyl or cyclic N) is 1. The lowest BCUT2D eigenvalue weighted by Crippen LogP contribution is -2.40. The Labute approximate surface area is 147 Å². The minimum atomic E-state index is -3.69. The van der Waals surface area contributed by atoms with Crippen molar-refractivity contribution in [2.45, 2.75) is 25.6 Å². The monoisotopic (exact) mass is 369 g/mol. The maximum absolute atomic E-state index is 13.2. The van der Waals surface area contributed by atoms with Crippen molar-refractivity contribution >= 4 is 17.5 Å². The number of nitrogens with one attached hydrogen (secondary N) is 1. The van der Waals surface area contributed by atoms with Crippen molar-refractivity contribution in [3.8, 4) is 11.5 Å². The molecular weight excluding hydrogens is 352 g/mol. The van der Waals surface area contributed by atoms with Crippen molar-refractivity contribution in [3.05, 3.63) is 23.8 Å². The van der Waals surface area contributed by atoms with Crippen LogP contribution in [0.5, 0.6) is 11.5 Å². The molecule has 1 aromatic rings. The predicted molar refractivity (Wildman–Crippen MR) is 84.8 cm³/mol. The number of hydrogen-bond acceptors (Lipinski definition) is 6. The lowest BCUT2D eigenvalue weighted by molar-refractivity contribution is -0.286. The molecule has 8 nitrogen and oxygen atoms in total. The number of hydrogen-bond donors (Lipinski definition) is 2. The molecule has 0 unspecified atom stereocenters.